The van der Waals surface area contributed by atoms with Crippen LogP contribution in [0.25, 0.3) is 5.70 Å². The number of primary amides is 1. The molecule has 1 aliphatic rings. The molecule has 1 aliphatic heterocycles. The largest absolute Gasteiger partial charge is 0.364 e. The van der Waals surface area contributed by atoms with Gasteiger partial charge in [-0.3, -0.25) is 14.9 Å². The Hall–Kier alpha value is -2.39. The fourth-order valence-electron chi connectivity index (χ4n) is 2.40. The first-order valence-electron chi connectivity index (χ1n) is 6.70. The molecule has 0 unspecified atom stereocenters. The van der Waals surface area contributed by atoms with Crippen molar-refractivity contribution in [3.63, 3.8) is 0 Å². The van der Waals surface area contributed by atoms with E-state index in [1.165, 1.54) is 0 Å². The minimum atomic E-state index is -0.673. The standard InChI is InChI=1S/C15H10Br2N4O3/c16-8-6-9-12(14(10(8)17)21(23)24)20-11(13(19-9)15(18)22)7-4-2-1-3-5-7/h1-6,19-20H,(H2,18,22). The second kappa shape index (κ2) is 6.25. The average Bonchev–Trinajstić information content (AvgIpc) is 2.55. The van der Waals surface area contributed by atoms with Gasteiger partial charge in [0.2, 0.25) is 0 Å². The molecule has 2 aromatic rings. The molecule has 2 aromatic carbocycles. The van der Waals surface area contributed by atoms with Gasteiger partial charge in [-0.2, -0.15) is 0 Å². The summed E-state index contributed by atoms with van der Waals surface area (Å²) in [7, 11) is 0. The monoisotopic (exact) mass is 452 g/mol. The summed E-state index contributed by atoms with van der Waals surface area (Å²) in [5.41, 5.74) is 7.14. The number of hydrogen-bond acceptors (Lipinski definition) is 5. The second-order valence-electron chi connectivity index (χ2n) is 4.93. The number of halogens is 2. The van der Waals surface area contributed by atoms with Crippen LogP contribution in [-0.2, 0) is 4.79 Å². The molecule has 0 atom stereocenters. The van der Waals surface area contributed by atoms with Crippen molar-refractivity contribution in [1.29, 1.82) is 0 Å². The highest BCUT2D eigenvalue weighted by atomic mass is 79.9. The van der Waals surface area contributed by atoms with Crippen LogP contribution in [0.2, 0.25) is 0 Å². The number of amides is 1. The smallest absolute Gasteiger partial charge is 0.310 e. The molecule has 0 saturated carbocycles. The van der Waals surface area contributed by atoms with Crippen molar-refractivity contribution in [2.24, 2.45) is 5.73 Å². The number of benzene rings is 2. The Balaban J connectivity index is 2.23. The zero-order valence-electron chi connectivity index (χ0n) is 12.0. The van der Waals surface area contributed by atoms with E-state index in [0.29, 0.717) is 25.9 Å². The Bertz CT molecular complexity index is 897. The van der Waals surface area contributed by atoms with Crippen molar-refractivity contribution in [2.45, 2.75) is 0 Å². The third-order valence-corrected chi connectivity index (χ3v) is 5.41. The number of hydrogen-bond donors (Lipinski definition) is 3. The number of nitro groups is 1. The number of anilines is 2. The molecule has 0 aliphatic carbocycles. The fourth-order valence-corrected chi connectivity index (χ4v) is 3.27. The number of nitrogens with zero attached hydrogens (tertiary/aromatic N) is 1. The SMILES string of the molecule is NC(=O)C1=C(c2ccccc2)Nc2c(cc(Br)c(Br)c2[N+](=O)[O-])N1. The molecule has 1 heterocycles. The summed E-state index contributed by atoms with van der Waals surface area (Å²) < 4.78 is 0.782. The summed E-state index contributed by atoms with van der Waals surface area (Å²) >= 11 is 6.48. The van der Waals surface area contributed by atoms with E-state index < -0.39 is 10.8 Å². The molecule has 0 saturated heterocycles. The van der Waals surface area contributed by atoms with Gasteiger partial charge < -0.3 is 16.4 Å². The Morgan fingerprint density at radius 2 is 1.83 bits per heavy atom. The van der Waals surface area contributed by atoms with E-state index in [0.717, 1.165) is 0 Å². The van der Waals surface area contributed by atoms with Crippen LogP contribution in [0, 0.1) is 10.1 Å². The lowest BCUT2D eigenvalue weighted by Crippen LogP contribution is -2.27. The van der Waals surface area contributed by atoms with Gasteiger partial charge in [0.25, 0.3) is 5.91 Å². The van der Waals surface area contributed by atoms with Crippen LogP contribution in [0.4, 0.5) is 17.1 Å². The van der Waals surface area contributed by atoms with Crippen molar-refractivity contribution in [3.8, 4) is 0 Å². The first-order valence-corrected chi connectivity index (χ1v) is 8.28. The Labute approximate surface area is 153 Å². The summed E-state index contributed by atoms with van der Waals surface area (Å²) in [4.78, 5) is 22.8. The van der Waals surface area contributed by atoms with E-state index in [4.69, 9.17) is 5.73 Å². The summed E-state index contributed by atoms with van der Waals surface area (Å²) in [6.45, 7) is 0. The van der Waals surface area contributed by atoms with Crippen LogP contribution in [0.15, 0.2) is 51.0 Å². The lowest BCUT2D eigenvalue weighted by atomic mass is 10.1. The predicted octanol–water partition coefficient (Wildman–Crippen LogP) is 3.81. The molecule has 24 heavy (non-hydrogen) atoms. The Morgan fingerprint density at radius 1 is 1.17 bits per heavy atom. The highest BCUT2D eigenvalue weighted by Crippen LogP contribution is 2.47. The van der Waals surface area contributed by atoms with Crippen LogP contribution < -0.4 is 16.4 Å². The number of fused-ring (bicyclic) bond motifs is 1. The van der Waals surface area contributed by atoms with Gasteiger partial charge in [0.1, 0.15) is 15.9 Å². The van der Waals surface area contributed by atoms with Gasteiger partial charge in [0.05, 0.1) is 16.3 Å². The Morgan fingerprint density at radius 3 is 2.42 bits per heavy atom. The van der Waals surface area contributed by atoms with E-state index in [9.17, 15) is 14.9 Å². The highest BCUT2D eigenvalue weighted by molar-refractivity contribution is 9.13. The van der Waals surface area contributed by atoms with Gasteiger partial charge in [0, 0.05) is 10.0 Å². The third kappa shape index (κ3) is 2.76. The molecule has 0 aromatic heterocycles. The van der Waals surface area contributed by atoms with Gasteiger partial charge >= 0.3 is 5.69 Å². The molecule has 7 nitrogen and oxygen atoms in total. The molecule has 4 N–H and O–H groups in total. The minimum Gasteiger partial charge on any atom is -0.364 e. The normalized spacial score (nSPS) is 12.9. The number of carbonyl (C=O) groups excluding carboxylic acids is 1. The van der Waals surface area contributed by atoms with Gasteiger partial charge in [-0.05, 0) is 37.9 Å². The molecule has 0 fully saturated rings. The zero-order valence-corrected chi connectivity index (χ0v) is 15.1. The van der Waals surface area contributed by atoms with Crippen molar-refractivity contribution in [1.82, 2.24) is 0 Å². The molecule has 122 valence electrons. The van der Waals surface area contributed by atoms with Crippen molar-refractivity contribution < 1.29 is 9.72 Å². The molecule has 0 radical (unpaired) electrons. The summed E-state index contributed by atoms with van der Waals surface area (Å²) in [6.07, 6.45) is 0. The maximum Gasteiger partial charge on any atom is 0.310 e. The summed E-state index contributed by atoms with van der Waals surface area (Å²) in [5, 5.41) is 17.4. The molecule has 3 rings (SSSR count). The van der Waals surface area contributed by atoms with E-state index >= 15 is 0 Å². The van der Waals surface area contributed by atoms with Gasteiger partial charge in [0.15, 0.2) is 0 Å². The molecule has 0 spiro atoms. The quantitative estimate of drug-likeness (QED) is 0.483. The van der Waals surface area contributed by atoms with Crippen LogP contribution in [-0.4, -0.2) is 10.8 Å². The third-order valence-electron chi connectivity index (χ3n) is 3.45. The second-order valence-corrected chi connectivity index (χ2v) is 6.58. The molecular formula is C15H10Br2N4O3. The highest BCUT2D eigenvalue weighted by Gasteiger charge is 2.31. The van der Waals surface area contributed by atoms with Gasteiger partial charge in [-0.15, -0.1) is 0 Å². The number of nitrogens with one attached hydrogen (secondary N) is 2. The molecular weight excluding hydrogens is 444 g/mol. The topological polar surface area (TPSA) is 110 Å². The predicted molar refractivity (Wildman–Crippen MR) is 98.3 cm³/mol. The zero-order chi connectivity index (χ0) is 17.4. The van der Waals surface area contributed by atoms with Gasteiger partial charge in [-0.1, -0.05) is 30.3 Å². The van der Waals surface area contributed by atoms with Crippen molar-refractivity contribution in [3.05, 3.63) is 66.7 Å². The maximum absolute atomic E-state index is 11.8. The van der Waals surface area contributed by atoms with Crippen molar-refractivity contribution in [2.75, 3.05) is 10.6 Å². The van der Waals surface area contributed by atoms with Crippen LogP contribution in [0.3, 0.4) is 0 Å². The van der Waals surface area contributed by atoms with E-state index in [-0.39, 0.29) is 17.1 Å². The molecule has 0 bridgehead atoms. The van der Waals surface area contributed by atoms with Gasteiger partial charge in [-0.25, -0.2) is 0 Å². The van der Waals surface area contributed by atoms with Crippen molar-refractivity contribution >= 4 is 60.5 Å². The van der Waals surface area contributed by atoms with E-state index in [1.807, 2.05) is 6.07 Å². The maximum atomic E-state index is 11.8. The number of rotatable bonds is 3. The summed E-state index contributed by atoms with van der Waals surface area (Å²) in [5.74, 6) is -0.673. The van der Waals surface area contributed by atoms with Crippen LogP contribution >= 0.6 is 31.9 Å². The lowest BCUT2D eigenvalue weighted by molar-refractivity contribution is -0.384. The fraction of sp³-hybridized carbons (Fsp3) is 0. The lowest BCUT2D eigenvalue weighted by Gasteiger charge is -2.25. The average molecular weight is 454 g/mol. The Kier molecular flexibility index (Phi) is 4.29. The van der Waals surface area contributed by atoms with E-state index in [2.05, 4.69) is 42.5 Å². The van der Waals surface area contributed by atoms with Crippen LogP contribution in [0.5, 0.6) is 0 Å². The summed E-state index contributed by atoms with van der Waals surface area (Å²) in [6, 6.07) is 10.6. The number of carbonyl (C=O) groups is 1. The molecule has 9 heteroatoms. The number of nitrogens with two attached hydrogens (primary N) is 1. The number of nitro benzene ring substituents is 1. The van der Waals surface area contributed by atoms with E-state index in [1.54, 1.807) is 30.3 Å². The van der Waals surface area contributed by atoms with Crippen LogP contribution in [0.1, 0.15) is 5.56 Å². The first-order chi connectivity index (χ1) is 11.4. The first kappa shape index (κ1) is 16.5. The minimum absolute atomic E-state index is 0.136. The molecule has 1 amide bonds.